The average Bonchev–Trinajstić information content (AvgIpc) is 2.92. The van der Waals surface area contributed by atoms with E-state index in [1.165, 1.54) is 0 Å². The van der Waals surface area contributed by atoms with Crippen LogP contribution in [0, 0.1) is 0 Å². The Hall–Kier alpha value is -1.27. The molecule has 2 aliphatic heterocycles. The van der Waals surface area contributed by atoms with Gasteiger partial charge in [-0.2, -0.15) is 13.2 Å². The summed E-state index contributed by atoms with van der Waals surface area (Å²) in [5.41, 5.74) is 1.77. The molecule has 0 radical (unpaired) electrons. The molecular weight excluding hydrogens is 281 g/mol. The molecule has 2 heterocycles. The van der Waals surface area contributed by atoms with E-state index < -0.39 is 18.6 Å². The summed E-state index contributed by atoms with van der Waals surface area (Å²) in [6.07, 6.45) is -4.18. The maximum Gasteiger partial charge on any atom is 0.390 e. The third-order valence-electron chi connectivity index (χ3n) is 4.12. The van der Waals surface area contributed by atoms with Gasteiger partial charge in [0, 0.05) is 38.6 Å². The first kappa shape index (κ1) is 14.7. The zero-order chi connectivity index (χ0) is 14.9. The lowest BCUT2D eigenvalue weighted by Crippen LogP contribution is -2.46. The molecule has 1 atom stereocenters. The second-order valence-electron chi connectivity index (χ2n) is 5.59. The molecule has 21 heavy (non-hydrogen) atoms. The van der Waals surface area contributed by atoms with Crippen LogP contribution in [0.3, 0.4) is 0 Å². The molecule has 1 saturated heterocycles. The smallest absolute Gasteiger partial charge is 0.390 e. The Labute approximate surface area is 122 Å². The second-order valence-corrected chi connectivity index (χ2v) is 5.59. The van der Waals surface area contributed by atoms with Crippen molar-refractivity contribution in [3.8, 4) is 5.75 Å². The van der Waals surface area contributed by atoms with Crippen molar-refractivity contribution in [2.24, 2.45) is 0 Å². The van der Waals surface area contributed by atoms with E-state index >= 15 is 0 Å². The highest BCUT2D eigenvalue weighted by molar-refractivity contribution is 5.40. The number of alkyl halides is 3. The summed E-state index contributed by atoms with van der Waals surface area (Å²) >= 11 is 0. The van der Waals surface area contributed by atoms with Crippen LogP contribution in [0.25, 0.3) is 0 Å². The van der Waals surface area contributed by atoms with Crippen LogP contribution in [-0.2, 0) is 6.42 Å². The van der Waals surface area contributed by atoms with Gasteiger partial charge in [-0.05, 0) is 17.2 Å². The van der Waals surface area contributed by atoms with Gasteiger partial charge in [0.05, 0.1) is 13.0 Å². The van der Waals surface area contributed by atoms with Crippen molar-refractivity contribution in [1.82, 2.24) is 10.2 Å². The van der Waals surface area contributed by atoms with Crippen molar-refractivity contribution in [2.45, 2.75) is 25.1 Å². The molecule has 0 unspecified atom stereocenters. The maximum absolute atomic E-state index is 13.0. The quantitative estimate of drug-likeness (QED) is 0.928. The summed E-state index contributed by atoms with van der Waals surface area (Å²) in [6.45, 7) is 3.39. The van der Waals surface area contributed by atoms with Crippen LogP contribution in [0.4, 0.5) is 13.2 Å². The van der Waals surface area contributed by atoms with Crippen molar-refractivity contribution in [3.63, 3.8) is 0 Å². The lowest BCUT2D eigenvalue weighted by atomic mass is 9.98. The number of hydrogen-bond donors (Lipinski definition) is 1. The number of fused-ring (bicyclic) bond motifs is 1. The summed E-state index contributed by atoms with van der Waals surface area (Å²) in [6, 6.07) is 4.88. The van der Waals surface area contributed by atoms with Gasteiger partial charge in [-0.25, -0.2) is 0 Å². The highest BCUT2D eigenvalue weighted by Gasteiger charge is 2.36. The fourth-order valence-electron chi connectivity index (χ4n) is 3.08. The molecule has 0 saturated carbocycles. The molecule has 3 nitrogen and oxygen atoms in total. The van der Waals surface area contributed by atoms with Crippen molar-refractivity contribution in [2.75, 3.05) is 32.8 Å². The molecule has 3 rings (SSSR count). The SMILES string of the molecule is FC(F)(F)C[C@@H](c1ccc2c(c1)CCO2)N1CCNCC1. The number of hydrogen-bond acceptors (Lipinski definition) is 3. The first-order valence-electron chi connectivity index (χ1n) is 7.30. The molecule has 6 heteroatoms. The molecule has 1 fully saturated rings. The minimum absolute atomic E-state index is 0.599. The van der Waals surface area contributed by atoms with E-state index in [1.54, 1.807) is 6.07 Å². The fourth-order valence-corrected chi connectivity index (χ4v) is 3.08. The van der Waals surface area contributed by atoms with Crippen molar-refractivity contribution in [3.05, 3.63) is 29.3 Å². The Morgan fingerprint density at radius 2 is 2.00 bits per heavy atom. The number of nitrogens with one attached hydrogen (secondary N) is 1. The van der Waals surface area contributed by atoms with Crippen LogP contribution in [0.1, 0.15) is 23.6 Å². The molecule has 1 aromatic rings. The van der Waals surface area contributed by atoms with Crippen LogP contribution < -0.4 is 10.1 Å². The maximum atomic E-state index is 13.0. The van der Waals surface area contributed by atoms with E-state index in [0.29, 0.717) is 19.7 Å². The van der Waals surface area contributed by atoms with Gasteiger partial charge in [0.2, 0.25) is 0 Å². The zero-order valence-corrected chi connectivity index (χ0v) is 11.7. The Morgan fingerprint density at radius 3 is 2.71 bits per heavy atom. The van der Waals surface area contributed by atoms with Gasteiger partial charge >= 0.3 is 6.18 Å². The predicted octanol–water partition coefficient (Wildman–Crippen LogP) is 2.52. The van der Waals surface area contributed by atoms with E-state index in [4.69, 9.17) is 4.74 Å². The number of benzene rings is 1. The Morgan fingerprint density at radius 1 is 1.24 bits per heavy atom. The van der Waals surface area contributed by atoms with E-state index in [9.17, 15) is 13.2 Å². The molecule has 116 valence electrons. The van der Waals surface area contributed by atoms with Crippen LogP contribution >= 0.6 is 0 Å². The monoisotopic (exact) mass is 300 g/mol. The fraction of sp³-hybridized carbons (Fsp3) is 0.600. The predicted molar refractivity (Wildman–Crippen MR) is 73.5 cm³/mol. The van der Waals surface area contributed by atoms with E-state index in [0.717, 1.165) is 36.4 Å². The van der Waals surface area contributed by atoms with Gasteiger partial charge in [0.25, 0.3) is 0 Å². The molecule has 0 amide bonds. The number of rotatable bonds is 3. The second kappa shape index (κ2) is 5.85. The minimum Gasteiger partial charge on any atom is -0.493 e. The lowest BCUT2D eigenvalue weighted by Gasteiger charge is -2.35. The minimum atomic E-state index is -4.16. The van der Waals surface area contributed by atoms with Crippen LogP contribution in [0.2, 0.25) is 0 Å². The van der Waals surface area contributed by atoms with Crippen LogP contribution in [0.5, 0.6) is 5.75 Å². The Kier molecular flexibility index (Phi) is 4.08. The van der Waals surface area contributed by atoms with Crippen molar-refractivity contribution < 1.29 is 17.9 Å². The first-order valence-corrected chi connectivity index (χ1v) is 7.30. The number of piperazine rings is 1. The van der Waals surface area contributed by atoms with Crippen molar-refractivity contribution >= 4 is 0 Å². The first-order chi connectivity index (χ1) is 10.0. The van der Waals surface area contributed by atoms with Crippen LogP contribution in [-0.4, -0.2) is 43.9 Å². The number of halogens is 3. The molecule has 2 aliphatic rings. The summed E-state index contributed by atoms with van der Waals surface area (Å²) in [5.74, 6) is 0.810. The topological polar surface area (TPSA) is 24.5 Å². The van der Waals surface area contributed by atoms with E-state index in [1.807, 2.05) is 17.0 Å². The Balaban J connectivity index is 1.86. The highest BCUT2D eigenvalue weighted by Crippen LogP contribution is 2.36. The summed E-state index contributed by atoms with van der Waals surface area (Å²) in [7, 11) is 0. The normalized spacial score (nSPS) is 20.9. The highest BCUT2D eigenvalue weighted by atomic mass is 19.4. The standard InChI is InChI=1S/C15H19F3N2O/c16-15(17,18)10-13(20-6-4-19-5-7-20)11-1-2-14-12(9-11)3-8-21-14/h1-2,9,13,19H,3-8,10H2/t13-/m0/s1. The molecular formula is C15H19F3N2O. The summed E-state index contributed by atoms with van der Waals surface area (Å²) < 4.78 is 44.3. The van der Waals surface area contributed by atoms with Gasteiger partial charge in [-0.3, -0.25) is 4.90 Å². The number of nitrogens with zero attached hydrogens (tertiary/aromatic N) is 1. The molecule has 0 aromatic heterocycles. The van der Waals surface area contributed by atoms with Crippen LogP contribution in [0.15, 0.2) is 18.2 Å². The molecule has 0 aliphatic carbocycles. The average molecular weight is 300 g/mol. The van der Waals surface area contributed by atoms with E-state index in [2.05, 4.69) is 5.32 Å². The summed E-state index contributed by atoms with van der Waals surface area (Å²) in [5, 5.41) is 3.18. The largest absolute Gasteiger partial charge is 0.493 e. The van der Waals surface area contributed by atoms with E-state index in [-0.39, 0.29) is 0 Å². The third kappa shape index (κ3) is 3.49. The molecule has 0 spiro atoms. The van der Waals surface area contributed by atoms with Gasteiger partial charge in [-0.15, -0.1) is 0 Å². The van der Waals surface area contributed by atoms with Gasteiger partial charge < -0.3 is 10.1 Å². The number of ether oxygens (including phenoxy) is 1. The summed E-state index contributed by atoms with van der Waals surface area (Å²) in [4.78, 5) is 1.93. The third-order valence-corrected chi connectivity index (χ3v) is 4.12. The lowest BCUT2D eigenvalue weighted by molar-refractivity contribution is -0.148. The zero-order valence-electron chi connectivity index (χ0n) is 11.7. The van der Waals surface area contributed by atoms with Gasteiger partial charge in [-0.1, -0.05) is 12.1 Å². The van der Waals surface area contributed by atoms with Gasteiger partial charge in [0.1, 0.15) is 5.75 Å². The van der Waals surface area contributed by atoms with Crippen molar-refractivity contribution in [1.29, 1.82) is 0 Å². The molecule has 0 bridgehead atoms. The molecule has 1 aromatic carbocycles. The molecule has 1 N–H and O–H groups in total. The Bertz CT molecular complexity index is 498. The van der Waals surface area contributed by atoms with Gasteiger partial charge in [0.15, 0.2) is 0 Å².